The van der Waals surface area contributed by atoms with E-state index in [1.807, 2.05) is 80.3 Å². The summed E-state index contributed by atoms with van der Waals surface area (Å²) in [7, 11) is 0. The van der Waals surface area contributed by atoms with Crippen LogP contribution in [0.4, 0.5) is 4.79 Å². The minimum atomic E-state index is -0.477. The summed E-state index contributed by atoms with van der Waals surface area (Å²) in [5, 5.41) is 3.06. The highest BCUT2D eigenvalue weighted by atomic mass is 16.5. The van der Waals surface area contributed by atoms with E-state index in [4.69, 9.17) is 10.5 Å². The number of carbonyl (C=O) groups is 2. The maximum atomic E-state index is 12.9. The van der Waals surface area contributed by atoms with E-state index >= 15 is 0 Å². The number of allylic oxidation sites excluding steroid dienone is 1. The number of nitrogens with zero attached hydrogens (tertiary/aromatic N) is 2. The molecule has 2 aliphatic heterocycles. The molecule has 36 heavy (non-hydrogen) atoms. The predicted molar refractivity (Wildman–Crippen MR) is 140 cm³/mol. The first-order valence-electron chi connectivity index (χ1n) is 12.9. The van der Waals surface area contributed by atoms with Crippen molar-refractivity contribution in [2.24, 2.45) is 17.6 Å². The fraction of sp³-hybridized carbons (Fsp3) is 0.448. The molecule has 7 heteroatoms. The van der Waals surface area contributed by atoms with E-state index in [9.17, 15) is 9.59 Å². The van der Waals surface area contributed by atoms with Crippen LogP contribution in [-0.4, -0.2) is 53.0 Å². The molecule has 0 bridgehead atoms. The highest BCUT2D eigenvalue weighted by Crippen LogP contribution is 2.51. The van der Waals surface area contributed by atoms with Gasteiger partial charge in [-0.15, -0.1) is 0 Å². The number of fused-ring (bicyclic) bond motifs is 1. The molecule has 1 saturated carbocycles. The molecule has 0 aromatic heterocycles. The van der Waals surface area contributed by atoms with Gasteiger partial charge in [-0.05, 0) is 68.4 Å². The lowest BCUT2D eigenvalue weighted by Gasteiger charge is -2.42. The number of rotatable bonds is 6. The number of hydrogen-bond donors (Lipinski definition) is 2. The Morgan fingerprint density at radius 2 is 1.81 bits per heavy atom. The summed E-state index contributed by atoms with van der Waals surface area (Å²) in [6.45, 7) is 8.19. The molecule has 1 aliphatic carbocycles. The first-order chi connectivity index (χ1) is 17.2. The van der Waals surface area contributed by atoms with Crippen molar-refractivity contribution in [3.05, 3.63) is 71.4 Å². The lowest BCUT2D eigenvalue weighted by molar-refractivity contribution is -0.121. The quantitative estimate of drug-likeness (QED) is 0.644. The maximum Gasteiger partial charge on any atom is 0.317 e. The number of amides is 3. The number of carbonyl (C=O) groups excluding carboxylic acids is 2. The highest BCUT2D eigenvalue weighted by molar-refractivity contribution is 5.95. The van der Waals surface area contributed by atoms with Crippen LogP contribution < -0.4 is 15.8 Å². The standard InChI is InChI=1S/C29H36N4O3/c1-29(2,3)31-28(35)32-14-15-33-23(17-32)25(27(30)34)24(26(33)20-12-13-20)21-10-7-11-22(16-21)36-18-19-8-5-4-6-9-19/h4-11,16,20,23,25H,12-15,17-18H2,1-3H3,(H2,30,34)(H,31,35). The van der Waals surface area contributed by atoms with Crippen molar-refractivity contribution in [2.45, 2.75) is 51.8 Å². The Morgan fingerprint density at radius 1 is 1.06 bits per heavy atom. The van der Waals surface area contributed by atoms with Gasteiger partial charge in [0.1, 0.15) is 12.4 Å². The normalized spacial score (nSPS) is 21.9. The van der Waals surface area contributed by atoms with Crippen molar-refractivity contribution in [3.63, 3.8) is 0 Å². The largest absolute Gasteiger partial charge is 0.489 e. The van der Waals surface area contributed by atoms with Gasteiger partial charge in [-0.25, -0.2) is 4.79 Å². The van der Waals surface area contributed by atoms with Crippen LogP contribution >= 0.6 is 0 Å². The van der Waals surface area contributed by atoms with E-state index in [1.165, 1.54) is 5.70 Å². The molecule has 2 atom stereocenters. The Morgan fingerprint density at radius 3 is 2.47 bits per heavy atom. The smallest absolute Gasteiger partial charge is 0.317 e. The molecular formula is C29H36N4O3. The van der Waals surface area contributed by atoms with E-state index in [1.54, 1.807) is 0 Å². The lowest BCUT2D eigenvalue weighted by Crippen LogP contribution is -2.59. The minimum absolute atomic E-state index is 0.0944. The summed E-state index contributed by atoms with van der Waals surface area (Å²) in [6.07, 6.45) is 2.23. The zero-order chi connectivity index (χ0) is 25.4. The van der Waals surface area contributed by atoms with Gasteiger partial charge in [-0.1, -0.05) is 42.5 Å². The summed E-state index contributed by atoms with van der Waals surface area (Å²) in [4.78, 5) is 30.1. The third-order valence-corrected chi connectivity index (χ3v) is 7.13. The summed E-state index contributed by atoms with van der Waals surface area (Å²) in [5.41, 5.74) is 10.1. The molecule has 2 unspecified atom stereocenters. The minimum Gasteiger partial charge on any atom is -0.489 e. The zero-order valence-electron chi connectivity index (χ0n) is 21.4. The second-order valence-corrected chi connectivity index (χ2v) is 11.1. The van der Waals surface area contributed by atoms with Gasteiger partial charge in [0, 0.05) is 30.9 Å². The van der Waals surface area contributed by atoms with Crippen LogP contribution in [-0.2, 0) is 11.4 Å². The van der Waals surface area contributed by atoms with E-state index < -0.39 is 5.92 Å². The third kappa shape index (κ3) is 5.06. The molecule has 0 radical (unpaired) electrons. The summed E-state index contributed by atoms with van der Waals surface area (Å²) < 4.78 is 6.10. The molecule has 3 aliphatic rings. The number of benzene rings is 2. The van der Waals surface area contributed by atoms with Gasteiger partial charge in [0.05, 0.1) is 12.0 Å². The van der Waals surface area contributed by atoms with Gasteiger partial charge in [0.25, 0.3) is 0 Å². The molecule has 3 N–H and O–H groups in total. The van der Waals surface area contributed by atoms with Crippen molar-refractivity contribution in [2.75, 3.05) is 19.6 Å². The van der Waals surface area contributed by atoms with Crippen LogP contribution in [0, 0.1) is 11.8 Å². The average molecular weight is 489 g/mol. The van der Waals surface area contributed by atoms with E-state index in [0.717, 1.165) is 35.3 Å². The number of ether oxygens (including phenoxy) is 1. The van der Waals surface area contributed by atoms with Crippen molar-refractivity contribution in [1.82, 2.24) is 15.1 Å². The number of urea groups is 1. The Balaban J connectivity index is 1.43. The van der Waals surface area contributed by atoms with Gasteiger partial charge in [-0.2, -0.15) is 0 Å². The molecule has 190 valence electrons. The zero-order valence-corrected chi connectivity index (χ0v) is 21.4. The number of hydrogen-bond acceptors (Lipinski definition) is 4. The van der Waals surface area contributed by atoms with Crippen LogP contribution in [0.1, 0.15) is 44.7 Å². The second-order valence-electron chi connectivity index (χ2n) is 11.1. The molecule has 5 rings (SSSR count). The summed E-state index contributed by atoms with van der Waals surface area (Å²) in [5.74, 6) is 0.383. The second kappa shape index (κ2) is 9.52. The first kappa shape index (κ1) is 24.2. The predicted octanol–water partition coefficient (Wildman–Crippen LogP) is 4.00. The van der Waals surface area contributed by atoms with Crippen LogP contribution in [0.25, 0.3) is 5.57 Å². The average Bonchev–Trinajstić information content (AvgIpc) is 3.62. The van der Waals surface area contributed by atoms with E-state index in [0.29, 0.717) is 32.2 Å². The van der Waals surface area contributed by atoms with Gasteiger partial charge in [0.2, 0.25) is 5.91 Å². The fourth-order valence-corrected chi connectivity index (χ4v) is 5.45. The van der Waals surface area contributed by atoms with E-state index in [2.05, 4.69) is 10.2 Å². The van der Waals surface area contributed by atoms with E-state index in [-0.39, 0.29) is 23.5 Å². The topological polar surface area (TPSA) is 87.9 Å². The van der Waals surface area contributed by atoms with Crippen molar-refractivity contribution in [3.8, 4) is 5.75 Å². The molecule has 3 amide bonds. The summed E-state index contributed by atoms with van der Waals surface area (Å²) >= 11 is 0. The molecular weight excluding hydrogens is 452 g/mol. The van der Waals surface area contributed by atoms with Gasteiger partial charge in [0.15, 0.2) is 0 Å². The lowest BCUT2D eigenvalue weighted by atomic mass is 9.87. The number of piperazine rings is 1. The Kier molecular flexibility index (Phi) is 6.41. The van der Waals surface area contributed by atoms with Crippen LogP contribution in [0.5, 0.6) is 5.75 Å². The van der Waals surface area contributed by atoms with Crippen LogP contribution in [0.15, 0.2) is 60.3 Å². The van der Waals surface area contributed by atoms with Crippen molar-refractivity contribution >= 4 is 17.5 Å². The molecule has 2 fully saturated rings. The highest BCUT2D eigenvalue weighted by Gasteiger charge is 2.50. The van der Waals surface area contributed by atoms with Crippen LogP contribution in [0.3, 0.4) is 0 Å². The Bertz CT molecular complexity index is 1170. The Hall–Kier alpha value is -3.48. The summed E-state index contributed by atoms with van der Waals surface area (Å²) in [6, 6.07) is 17.8. The molecule has 7 nitrogen and oxygen atoms in total. The number of nitrogens with one attached hydrogen (secondary N) is 1. The molecule has 2 aromatic rings. The van der Waals surface area contributed by atoms with Gasteiger partial charge >= 0.3 is 6.03 Å². The molecule has 2 heterocycles. The monoisotopic (exact) mass is 488 g/mol. The van der Waals surface area contributed by atoms with Gasteiger partial charge in [-0.3, -0.25) is 4.79 Å². The molecule has 1 saturated heterocycles. The first-order valence-corrected chi connectivity index (χ1v) is 12.9. The van der Waals surface area contributed by atoms with Crippen LogP contribution in [0.2, 0.25) is 0 Å². The molecule has 0 spiro atoms. The SMILES string of the molecule is CC(C)(C)NC(=O)N1CCN2C(C3CC3)=C(c3cccc(OCc4ccccc4)c3)C(C(N)=O)C2C1. The number of nitrogens with two attached hydrogens (primary N) is 1. The Labute approximate surface area is 213 Å². The maximum absolute atomic E-state index is 12.9. The fourth-order valence-electron chi connectivity index (χ4n) is 5.45. The van der Waals surface area contributed by atoms with Gasteiger partial charge < -0.3 is 25.6 Å². The third-order valence-electron chi connectivity index (χ3n) is 7.13. The van der Waals surface area contributed by atoms with Crippen molar-refractivity contribution in [1.29, 1.82) is 0 Å². The number of primary amides is 1. The van der Waals surface area contributed by atoms with Crippen molar-refractivity contribution < 1.29 is 14.3 Å². The molecule has 2 aromatic carbocycles.